The second-order valence-electron chi connectivity index (χ2n) is 6.37. The number of benzene rings is 1. The molecule has 1 aliphatic heterocycles. The van der Waals surface area contributed by atoms with E-state index in [1.54, 1.807) is 11.3 Å². The summed E-state index contributed by atoms with van der Waals surface area (Å²) in [7, 11) is 1.93. The number of thiazole rings is 1. The molecule has 1 saturated heterocycles. The molecule has 2 aromatic heterocycles. The minimum absolute atomic E-state index is 0.0485. The van der Waals surface area contributed by atoms with Crippen LogP contribution in [0, 0.1) is 12.8 Å². The zero-order valence-corrected chi connectivity index (χ0v) is 14.7. The maximum absolute atomic E-state index is 12.7. The van der Waals surface area contributed by atoms with E-state index < -0.39 is 0 Å². The van der Waals surface area contributed by atoms with Crippen molar-refractivity contribution in [2.45, 2.75) is 19.8 Å². The second kappa shape index (κ2) is 6.02. The molecular formula is C18H20N4OS. The highest BCUT2D eigenvalue weighted by atomic mass is 32.1. The third-order valence-electron chi connectivity index (χ3n) is 4.65. The lowest BCUT2D eigenvalue weighted by Crippen LogP contribution is -2.38. The van der Waals surface area contributed by atoms with Crippen molar-refractivity contribution < 1.29 is 4.79 Å². The summed E-state index contributed by atoms with van der Waals surface area (Å²) in [5.41, 5.74) is 2.77. The minimum Gasteiger partial charge on any atom is -0.347 e. The normalized spacial score (nSPS) is 18.2. The van der Waals surface area contributed by atoms with Crippen LogP contribution < -0.4 is 4.90 Å². The number of nitrogens with zero attached hydrogens (tertiary/aromatic N) is 4. The van der Waals surface area contributed by atoms with Gasteiger partial charge in [-0.05, 0) is 19.8 Å². The molecule has 3 aromatic rings. The van der Waals surface area contributed by atoms with Gasteiger partial charge >= 0.3 is 0 Å². The Kier molecular flexibility index (Phi) is 3.84. The van der Waals surface area contributed by atoms with E-state index in [1.807, 2.05) is 49.0 Å². The lowest BCUT2D eigenvalue weighted by atomic mass is 9.90. The van der Waals surface area contributed by atoms with Crippen molar-refractivity contribution in [1.29, 1.82) is 0 Å². The Balaban J connectivity index is 1.58. The van der Waals surface area contributed by atoms with Crippen LogP contribution in [-0.4, -0.2) is 33.6 Å². The summed E-state index contributed by atoms with van der Waals surface area (Å²) >= 11 is 1.68. The quantitative estimate of drug-likeness (QED) is 0.685. The van der Waals surface area contributed by atoms with E-state index in [2.05, 4.69) is 10.00 Å². The number of Topliss-reactive ketones (excluding diaryl/α,β-unsaturated/α-hetero) is 1. The van der Waals surface area contributed by atoms with Gasteiger partial charge in [0.2, 0.25) is 0 Å². The molecule has 0 spiro atoms. The molecule has 4 rings (SSSR count). The molecule has 1 fully saturated rings. The van der Waals surface area contributed by atoms with Crippen LogP contribution in [0.25, 0.3) is 10.3 Å². The van der Waals surface area contributed by atoms with Gasteiger partial charge in [-0.15, -0.1) is 0 Å². The van der Waals surface area contributed by atoms with Crippen molar-refractivity contribution in [2.24, 2.45) is 13.0 Å². The van der Waals surface area contributed by atoms with Gasteiger partial charge in [0.05, 0.1) is 10.4 Å². The standard InChI is InChI=1S/C18H20N4OS/c1-12-16-17(21(2)20-12)19-18(24-16)22-10-6-9-14(11-22)15(23)13-7-4-3-5-8-13/h3-5,7-8,14H,6,9-11H2,1-2H3/t14-/m0/s1. The van der Waals surface area contributed by atoms with Crippen LogP contribution in [-0.2, 0) is 7.05 Å². The Morgan fingerprint density at radius 3 is 2.83 bits per heavy atom. The van der Waals surface area contributed by atoms with Gasteiger partial charge in [-0.2, -0.15) is 5.10 Å². The fourth-order valence-electron chi connectivity index (χ4n) is 3.41. The Bertz CT molecular complexity index is 849. The summed E-state index contributed by atoms with van der Waals surface area (Å²) in [5.74, 6) is 0.298. The molecule has 0 unspecified atom stereocenters. The van der Waals surface area contributed by atoms with Crippen molar-refractivity contribution in [3.8, 4) is 0 Å². The fraction of sp³-hybridized carbons (Fsp3) is 0.389. The average molecular weight is 340 g/mol. The lowest BCUT2D eigenvalue weighted by molar-refractivity contribution is 0.0907. The highest BCUT2D eigenvalue weighted by Crippen LogP contribution is 2.33. The van der Waals surface area contributed by atoms with Crippen molar-refractivity contribution in [3.05, 3.63) is 41.6 Å². The molecule has 1 aromatic carbocycles. The van der Waals surface area contributed by atoms with Crippen LogP contribution in [0.3, 0.4) is 0 Å². The molecule has 24 heavy (non-hydrogen) atoms. The van der Waals surface area contributed by atoms with Gasteiger partial charge in [0.1, 0.15) is 0 Å². The van der Waals surface area contributed by atoms with Gasteiger partial charge in [0, 0.05) is 31.6 Å². The first-order chi connectivity index (χ1) is 11.6. The third kappa shape index (κ3) is 2.60. The van der Waals surface area contributed by atoms with Crippen molar-refractivity contribution in [2.75, 3.05) is 18.0 Å². The number of hydrogen-bond acceptors (Lipinski definition) is 5. The van der Waals surface area contributed by atoms with Gasteiger partial charge < -0.3 is 4.90 Å². The third-order valence-corrected chi connectivity index (χ3v) is 5.87. The number of ketones is 1. The molecule has 0 aliphatic carbocycles. The molecule has 3 heterocycles. The van der Waals surface area contributed by atoms with Gasteiger partial charge in [-0.1, -0.05) is 41.7 Å². The zero-order chi connectivity index (χ0) is 16.7. The van der Waals surface area contributed by atoms with Gasteiger partial charge in [0.15, 0.2) is 16.6 Å². The zero-order valence-electron chi connectivity index (χ0n) is 13.9. The number of carbonyl (C=O) groups excluding carboxylic acids is 1. The molecule has 1 aliphatic rings. The predicted molar refractivity (Wildman–Crippen MR) is 96.8 cm³/mol. The number of rotatable bonds is 3. The maximum Gasteiger partial charge on any atom is 0.188 e. The van der Waals surface area contributed by atoms with E-state index >= 15 is 0 Å². The average Bonchev–Trinajstić information content (AvgIpc) is 3.17. The molecule has 0 saturated carbocycles. The highest BCUT2D eigenvalue weighted by molar-refractivity contribution is 7.22. The number of hydrogen-bond donors (Lipinski definition) is 0. The molecule has 0 N–H and O–H groups in total. The number of fused-ring (bicyclic) bond motifs is 1. The minimum atomic E-state index is 0.0485. The van der Waals surface area contributed by atoms with Gasteiger partial charge in [-0.25, -0.2) is 9.67 Å². The molecule has 5 nitrogen and oxygen atoms in total. The van der Waals surface area contributed by atoms with Crippen LogP contribution in [0.2, 0.25) is 0 Å². The first kappa shape index (κ1) is 15.3. The first-order valence-corrected chi connectivity index (χ1v) is 9.09. The van der Waals surface area contributed by atoms with Crippen LogP contribution in [0.1, 0.15) is 28.9 Å². The van der Waals surface area contributed by atoms with E-state index in [9.17, 15) is 4.79 Å². The Morgan fingerprint density at radius 1 is 1.29 bits per heavy atom. The summed E-state index contributed by atoms with van der Waals surface area (Å²) in [4.78, 5) is 19.8. The fourth-order valence-corrected chi connectivity index (χ4v) is 4.48. The molecule has 0 amide bonds. The number of aryl methyl sites for hydroxylation is 2. The van der Waals surface area contributed by atoms with E-state index in [-0.39, 0.29) is 11.7 Å². The van der Waals surface area contributed by atoms with E-state index in [4.69, 9.17) is 4.98 Å². The molecule has 124 valence electrons. The van der Waals surface area contributed by atoms with Gasteiger partial charge in [-0.3, -0.25) is 4.79 Å². The van der Waals surface area contributed by atoms with E-state index in [1.165, 1.54) is 0 Å². The number of piperidine rings is 1. The number of aromatic nitrogens is 3. The predicted octanol–water partition coefficient (Wildman–Crippen LogP) is 3.44. The van der Waals surface area contributed by atoms with Crippen LogP contribution in [0.4, 0.5) is 5.13 Å². The number of anilines is 1. The van der Waals surface area contributed by atoms with Crippen LogP contribution in [0.5, 0.6) is 0 Å². The summed E-state index contributed by atoms with van der Waals surface area (Å²) in [6.07, 6.45) is 1.98. The maximum atomic E-state index is 12.7. The highest BCUT2D eigenvalue weighted by Gasteiger charge is 2.28. The van der Waals surface area contributed by atoms with Gasteiger partial charge in [0.25, 0.3) is 0 Å². The Labute approximate surface area is 144 Å². The SMILES string of the molecule is Cc1nn(C)c2nc(N3CCC[C@H](C(=O)c4ccccc4)C3)sc12. The van der Waals surface area contributed by atoms with Crippen molar-refractivity contribution >= 4 is 32.6 Å². The monoisotopic (exact) mass is 340 g/mol. The van der Waals surface area contributed by atoms with E-state index in [0.29, 0.717) is 0 Å². The lowest BCUT2D eigenvalue weighted by Gasteiger charge is -2.31. The molecule has 6 heteroatoms. The number of carbonyl (C=O) groups is 1. The largest absolute Gasteiger partial charge is 0.347 e. The summed E-state index contributed by atoms with van der Waals surface area (Å²) in [6.45, 7) is 3.73. The molecular weight excluding hydrogens is 320 g/mol. The Morgan fingerprint density at radius 2 is 2.08 bits per heavy atom. The summed E-state index contributed by atoms with van der Waals surface area (Å²) in [5, 5.41) is 5.42. The molecule has 1 atom stereocenters. The molecule has 0 radical (unpaired) electrons. The summed E-state index contributed by atoms with van der Waals surface area (Å²) in [6, 6.07) is 9.62. The van der Waals surface area contributed by atoms with Crippen LogP contribution in [0.15, 0.2) is 30.3 Å². The molecule has 0 bridgehead atoms. The van der Waals surface area contributed by atoms with Crippen molar-refractivity contribution in [3.63, 3.8) is 0 Å². The van der Waals surface area contributed by atoms with Crippen molar-refractivity contribution in [1.82, 2.24) is 14.8 Å². The topological polar surface area (TPSA) is 51.0 Å². The summed E-state index contributed by atoms with van der Waals surface area (Å²) < 4.78 is 2.98. The van der Waals surface area contributed by atoms with E-state index in [0.717, 1.165) is 52.7 Å². The second-order valence-corrected chi connectivity index (χ2v) is 7.35. The van der Waals surface area contributed by atoms with Crippen LogP contribution >= 0.6 is 11.3 Å². The smallest absolute Gasteiger partial charge is 0.188 e. The first-order valence-electron chi connectivity index (χ1n) is 8.28. The Hall–Kier alpha value is -2.21.